The van der Waals surface area contributed by atoms with Crippen LogP contribution in [0, 0.1) is 6.92 Å². The number of nitrogens with one attached hydrogen (secondary N) is 1. The van der Waals surface area contributed by atoms with E-state index >= 15 is 0 Å². The van der Waals surface area contributed by atoms with Crippen molar-refractivity contribution in [2.45, 2.75) is 45.4 Å². The molecule has 0 fully saturated rings. The lowest BCUT2D eigenvalue weighted by Gasteiger charge is -2.36. The van der Waals surface area contributed by atoms with E-state index in [4.69, 9.17) is 18.6 Å². The highest BCUT2D eigenvalue weighted by molar-refractivity contribution is 6.04. The van der Waals surface area contributed by atoms with Gasteiger partial charge in [-0.3, -0.25) is 9.59 Å². The van der Waals surface area contributed by atoms with Gasteiger partial charge in [-0.05, 0) is 62.9 Å². The Balaban J connectivity index is 1.63. The largest absolute Gasteiger partial charge is 0.493 e. The molecule has 0 spiro atoms. The number of methoxy groups -OCH3 is 2. The summed E-state index contributed by atoms with van der Waals surface area (Å²) in [5, 5.41) is 3.69. The van der Waals surface area contributed by atoms with Gasteiger partial charge >= 0.3 is 5.97 Å². The van der Waals surface area contributed by atoms with E-state index in [-0.39, 0.29) is 34.7 Å². The maximum Gasteiger partial charge on any atom is 0.336 e. The number of ketones is 1. The van der Waals surface area contributed by atoms with E-state index in [1.54, 1.807) is 26.2 Å². The van der Waals surface area contributed by atoms with Crippen LogP contribution >= 0.6 is 0 Å². The van der Waals surface area contributed by atoms with Gasteiger partial charge in [-0.2, -0.15) is 0 Å². The molecule has 2 heterocycles. The smallest absolute Gasteiger partial charge is 0.336 e. The molecule has 2 aliphatic rings. The Morgan fingerprint density at radius 2 is 1.85 bits per heavy atom. The second kappa shape index (κ2) is 10.4. The number of hydrogen-bond acceptors (Lipinski definition) is 8. The molecule has 1 aliphatic heterocycles. The molecule has 1 N–H and O–H groups in total. The zero-order valence-corrected chi connectivity index (χ0v) is 22.7. The summed E-state index contributed by atoms with van der Waals surface area (Å²) >= 11 is 0. The van der Waals surface area contributed by atoms with Crippen molar-refractivity contribution in [3.8, 4) is 11.5 Å². The standard InChI is InChI=1S/C31H31NO7/c1-6-38-25-10-8-18(14-26(25)36-4)19-12-22-29(23(33)13-19)28(27(17(3)32-22)31(35)37-5)21-15-39-24-9-7-16(2)11-20(24)30(21)34/h7-11,14-15,19,28,32H,6,12-13H2,1-5H3/t19-,28-/m0/s1. The number of fused-ring (bicyclic) bond motifs is 1. The molecular formula is C31H31NO7. The summed E-state index contributed by atoms with van der Waals surface area (Å²) in [6, 6.07) is 11.1. The van der Waals surface area contributed by atoms with Crippen LogP contribution < -0.4 is 20.2 Å². The van der Waals surface area contributed by atoms with Crippen LogP contribution in [0.25, 0.3) is 11.0 Å². The summed E-state index contributed by atoms with van der Waals surface area (Å²) in [4.78, 5) is 40.6. The van der Waals surface area contributed by atoms with Crippen molar-refractivity contribution in [1.82, 2.24) is 5.32 Å². The predicted octanol–water partition coefficient (Wildman–Crippen LogP) is 5.04. The van der Waals surface area contributed by atoms with Gasteiger partial charge in [-0.1, -0.05) is 17.7 Å². The van der Waals surface area contributed by atoms with Gasteiger partial charge in [0.15, 0.2) is 22.7 Å². The third kappa shape index (κ3) is 4.60. The van der Waals surface area contributed by atoms with Crippen molar-refractivity contribution in [2.24, 2.45) is 0 Å². The number of ether oxygens (including phenoxy) is 3. The number of rotatable bonds is 6. The number of aryl methyl sites for hydroxylation is 1. The maximum atomic E-state index is 13.9. The quantitative estimate of drug-likeness (QED) is 0.443. The molecule has 8 nitrogen and oxygen atoms in total. The predicted molar refractivity (Wildman–Crippen MR) is 146 cm³/mol. The molecule has 0 amide bonds. The first-order valence-corrected chi connectivity index (χ1v) is 12.9. The molecule has 0 bridgehead atoms. The Labute approximate surface area is 226 Å². The van der Waals surface area contributed by atoms with Crippen molar-refractivity contribution in [3.05, 3.63) is 92.1 Å². The molecule has 0 unspecified atom stereocenters. The van der Waals surface area contributed by atoms with Gasteiger partial charge in [0.05, 0.1) is 44.0 Å². The van der Waals surface area contributed by atoms with E-state index in [9.17, 15) is 14.4 Å². The molecular weight excluding hydrogens is 498 g/mol. The molecule has 1 aromatic heterocycles. The molecule has 0 saturated carbocycles. The number of carbonyl (C=O) groups excluding carboxylic acids is 2. The molecule has 2 atom stereocenters. The molecule has 5 rings (SSSR count). The van der Waals surface area contributed by atoms with Crippen molar-refractivity contribution < 1.29 is 28.2 Å². The van der Waals surface area contributed by atoms with Crippen LogP contribution in [0.3, 0.4) is 0 Å². The summed E-state index contributed by atoms with van der Waals surface area (Å²) in [6.45, 7) is 6.06. The fraction of sp³-hybridized carbons (Fsp3) is 0.323. The zero-order valence-electron chi connectivity index (χ0n) is 22.7. The second-order valence-corrected chi connectivity index (χ2v) is 9.87. The normalized spacial score (nSPS) is 19.1. The van der Waals surface area contributed by atoms with Gasteiger partial charge in [-0.25, -0.2) is 4.79 Å². The molecule has 1 aliphatic carbocycles. The van der Waals surface area contributed by atoms with Crippen molar-refractivity contribution in [2.75, 3.05) is 20.8 Å². The number of dihydropyridines is 1. The summed E-state index contributed by atoms with van der Waals surface area (Å²) in [5.41, 5.74) is 4.08. The van der Waals surface area contributed by atoms with Crippen LogP contribution in [0.15, 0.2) is 74.4 Å². The minimum Gasteiger partial charge on any atom is -0.493 e. The number of hydrogen-bond donors (Lipinski definition) is 1. The highest BCUT2D eigenvalue weighted by Gasteiger charge is 2.42. The molecule has 0 radical (unpaired) electrons. The van der Waals surface area contributed by atoms with Crippen molar-refractivity contribution >= 4 is 22.7 Å². The molecule has 202 valence electrons. The fourth-order valence-electron chi connectivity index (χ4n) is 5.64. The topological polar surface area (TPSA) is 104 Å². The minimum absolute atomic E-state index is 0.128. The van der Waals surface area contributed by atoms with E-state index in [0.29, 0.717) is 52.5 Å². The average Bonchev–Trinajstić information content (AvgIpc) is 2.92. The van der Waals surface area contributed by atoms with Crippen LogP contribution in [0.4, 0.5) is 0 Å². The molecule has 8 heteroatoms. The monoisotopic (exact) mass is 529 g/mol. The first-order valence-electron chi connectivity index (χ1n) is 12.9. The Morgan fingerprint density at radius 1 is 1.05 bits per heavy atom. The number of carbonyl (C=O) groups is 2. The lowest BCUT2D eigenvalue weighted by molar-refractivity contribution is -0.136. The highest BCUT2D eigenvalue weighted by atomic mass is 16.5. The summed E-state index contributed by atoms with van der Waals surface area (Å²) in [6.07, 6.45) is 2.09. The summed E-state index contributed by atoms with van der Waals surface area (Å²) in [5.74, 6) is -0.545. The highest BCUT2D eigenvalue weighted by Crippen LogP contribution is 2.46. The first kappa shape index (κ1) is 26.3. The van der Waals surface area contributed by atoms with Crippen LogP contribution in [-0.2, 0) is 14.3 Å². The third-order valence-corrected chi connectivity index (χ3v) is 7.46. The summed E-state index contributed by atoms with van der Waals surface area (Å²) < 4.78 is 22.1. The third-order valence-electron chi connectivity index (χ3n) is 7.46. The van der Waals surface area contributed by atoms with E-state index in [1.165, 1.54) is 13.4 Å². The molecule has 2 aromatic carbocycles. The minimum atomic E-state index is -0.904. The second-order valence-electron chi connectivity index (χ2n) is 9.87. The number of esters is 1. The first-order chi connectivity index (χ1) is 18.8. The Morgan fingerprint density at radius 3 is 2.56 bits per heavy atom. The van der Waals surface area contributed by atoms with E-state index in [2.05, 4.69) is 5.32 Å². The van der Waals surface area contributed by atoms with Gasteiger partial charge in [0.25, 0.3) is 0 Å². The number of Topliss-reactive ketones (excluding diaryl/α,β-unsaturated/α-hetero) is 1. The van der Waals surface area contributed by atoms with E-state index < -0.39 is 11.9 Å². The maximum absolute atomic E-state index is 13.9. The SMILES string of the molecule is CCOc1ccc([C@@H]2CC(=O)C3=C(C2)NC(C)=C(C(=O)OC)[C@@H]3c2coc3ccc(C)cc3c2=O)cc1OC. The van der Waals surface area contributed by atoms with Crippen LogP contribution in [-0.4, -0.2) is 32.6 Å². The van der Waals surface area contributed by atoms with Gasteiger partial charge in [-0.15, -0.1) is 0 Å². The summed E-state index contributed by atoms with van der Waals surface area (Å²) in [7, 11) is 2.87. The van der Waals surface area contributed by atoms with E-state index in [0.717, 1.165) is 11.1 Å². The Bertz CT molecular complexity index is 1610. The van der Waals surface area contributed by atoms with Gasteiger partial charge in [0.2, 0.25) is 0 Å². The number of allylic oxidation sites excluding steroid dienone is 3. The lowest BCUT2D eigenvalue weighted by atomic mass is 9.72. The van der Waals surface area contributed by atoms with Crippen LogP contribution in [0.5, 0.6) is 11.5 Å². The average molecular weight is 530 g/mol. The van der Waals surface area contributed by atoms with Crippen molar-refractivity contribution in [3.63, 3.8) is 0 Å². The molecule has 39 heavy (non-hydrogen) atoms. The fourth-order valence-corrected chi connectivity index (χ4v) is 5.64. The molecule has 3 aromatic rings. The van der Waals surface area contributed by atoms with Crippen LogP contribution in [0.2, 0.25) is 0 Å². The van der Waals surface area contributed by atoms with Gasteiger partial charge in [0, 0.05) is 29.0 Å². The van der Waals surface area contributed by atoms with Crippen LogP contribution in [0.1, 0.15) is 55.2 Å². The van der Waals surface area contributed by atoms with Gasteiger partial charge < -0.3 is 23.9 Å². The lowest BCUT2D eigenvalue weighted by Crippen LogP contribution is -2.37. The van der Waals surface area contributed by atoms with Crippen molar-refractivity contribution in [1.29, 1.82) is 0 Å². The molecule has 0 saturated heterocycles. The zero-order chi connectivity index (χ0) is 27.8. The number of benzene rings is 2. The Hall–Kier alpha value is -4.33. The Kier molecular flexibility index (Phi) is 7.04. The van der Waals surface area contributed by atoms with E-state index in [1.807, 2.05) is 38.1 Å². The van der Waals surface area contributed by atoms with Gasteiger partial charge in [0.1, 0.15) is 5.58 Å².